The molecule has 0 bridgehead atoms. The third-order valence-electron chi connectivity index (χ3n) is 3.78. The fourth-order valence-electron chi connectivity index (χ4n) is 2.49. The summed E-state index contributed by atoms with van der Waals surface area (Å²) >= 11 is 0. The quantitative estimate of drug-likeness (QED) is 0.585. The summed E-state index contributed by atoms with van der Waals surface area (Å²) in [6, 6.07) is 7.98. The van der Waals surface area contributed by atoms with Gasteiger partial charge in [-0.1, -0.05) is 37.6 Å². The van der Waals surface area contributed by atoms with Crippen molar-refractivity contribution in [1.29, 1.82) is 0 Å². The molecular weight excluding hydrogens is 313 g/mol. The van der Waals surface area contributed by atoms with E-state index in [0.717, 1.165) is 12.0 Å². The molecule has 2 aromatic carbocycles. The Labute approximate surface area is 140 Å². The van der Waals surface area contributed by atoms with Gasteiger partial charge in [-0.05, 0) is 55.0 Å². The molecule has 0 heterocycles. The van der Waals surface area contributed by atoms with E-state index in [-0.39, 0.29) is 17.1 Å². The van der Waals surface area contributed by atoms with Gasteiger partial charge in [-0.25, -0.2) is 8.78 Å². The molecule has 0 aliphatic heterocycles. The predicted octanol–water partition coefficient (Wildman–Crippen LogP) is 5.75. The topological polar surface area (TPSA) is 9.23 Å². The second kappa shape index (κ2) is 8.57. The molecule has 0 amide bonds. The summed E-state index contributed by atoms with van der Waals surface area (Å²) in [5.74, 6) is -2.31. The van der Waals surface area contributed by atoms with E-state index in [2.05, 4.69) is 0 Å². The first-order valence-electron chi connectivity index (χ1n) is 8.08. The number of benzene rings is 2. The van der Waals surface area contributed by atoms with Gasteiger partial charge in [0.1, 0.15) is 5.82 Å². The smallest absolute Gasteiger partial charge is 0.201 e. The zero-order valence-corrected chi connectivity index (χ0v) is 13.9. The minimum atomic E-state index is -1.00. The number of rotatable bonds is 7. The Kier molecular flexibility index (Phi) is 6.47. The van der Waals surface area contributed by atoms with E-state index in [0.29, 0.717) is 24.8 Å². The van der Waals surface area contributed by atoms with Crippen LogP contribution in [0.3, 0.4) is 0 Å². The van der Waals surface area contributed by atoms with Crippen molar-refractivity contribution in [2.45, 2.75) is 39.5 Å². The van der Waals surface area contributed by atoms with Crippen molar-refractivity contribution in [3.05, 3.63) is 76.8 Å². The largest absolute Gasteiger partial charge is 0.462 e. The first-order valence-corrected chi connectivity index (χ1v) is 8.08. The van der Waals surface area contributed by atoms with E-state index in [4.69, 9.17) is 4.74 Å². The molecule has 1 nitrogen and oxygen atoms in total. The number of allylic oxidation sites excluding steroid dienone is 1. The van der Waals surface area contributed by atoms with Gasteiger partial charge in [-0.3, -0.25) is 0 Å². The van der Waals surface area contributed by atoms with E-state index in [1.54, 1.807) is 19.1 Å². The summed E-state index contributed by atoms with van der Waals surface area (Å²) in [5.41, 5.74) is 1.70. The second-order valence-electron chi connectivity index (χ2n) is 5.61. The van der Waals surface area contributed by atoms with E-state index >= 15 is 0 Å². The van der Waals surface area contributed by atoms with E-state index in [1.165, 1.54) is 24.5 Å². The summed E-state index contributed by atoms with van der Waals surface area (Å²) in [5, 5.41) is 0. The molecule has 0 spiro atoms. The zero-order chi connectivity index (χ0) is 17.5. The van der Waals surface area contributed by atoms with Crippen LogP contribution in [0.1, 0.15) is 37.0 Å². The minimum absolute atomic E-state index is 0.149. The van der Waals surface area contributed by atoms with Crippen molar-refractivity contribution in [3.63, 3.8) is 0 Å². The van der Waals surface area contributed by atoms with Crippen molar-refractivity contribution in [2.24, 2.45) is 0 Å². The molecule has 0 aromatic heterocycles. The average molecular weight is 334 g/mol. The molecule has 0 N–H and O–H groups in total. The van der Waals surface area contributed by atoms with Gasteiger partial charge in [0.2, 0.25) is 5.82 Å². The van der Waals surface area contributed by atoms with Crippen LogP contribution in [0.25, 0.3) is 0 Å². The Morgan fingerprint density at radius 2 is 1.67 bits per heavy atom. The molecule has 0 unspecified atom stereocenters. The fourth-order valence-corrected chi connectivity index (χ4v) is 2.49. The van der Waals surface area contributed by atoms with Crippen LogP contribution in [0.4, 0.5) is 13.2 Å². The molecule has 2 aromatic rings. The number of hydrogen-bond donors (Lipinski definition) is 0. The Balaban J connectivity index is 2.09. The SMILES string of the molecule is CC=COc1ccc(CCc2ccc(CCC)c(F)c2)c(F)c1F. The van der Waals surface area contributed by atoms with Crippen molar-refractivity contribution in [2.75, 3.05) is 0 Å². The minimum Gasteiger partial charge on any atom is -0.462 e. The molecule has 2 rings (SSSR count). The molecule has 0 aliphatic carbocycles. The van der Waals surface area contributed by atoms with E-state index in [9.17, 15) is 13.2 Å². The molecule has 24 heavy (non-hydrogen) atoms. The molecule has 128 valence electrons. The molecule has 4 heteroatoms. The van der Waals surface area contributed by atoms with Crippen molar-refractivity contribution in [1.82, 2.24) is 0 Å². The van der Waals surface area contributed by atoms with Crippen molar-refractivity contribution in [3.8, 4) is 5.75 Å². The fraction of sp³-hybridized carbons (Fsp3) is 0.300. The molecule has 0 fully saturated rings. The molecule has 0 aliphatic rings. The van der Waals surface area contributed by atoms with Gasteiger partial charge in [0, 0.05) is 0 Å². The summed E-state index contributed by atoms with van der Waals surface area (Å²) in [6.07, 6.45) is 5.18. The number of aryl methyl sites for hydroxylation is 3. The van der Waals surface area contributed by atoms with Crippen LogP contribution in [0.5, 0.6) is 5.75 Å². The first-order chi connectivity index (χ1) is 11.6. The first kappa shape index (κ1) is 18.1. The van der Waals surface area contributed by atoms with Crippen LogP contribution in [0.15, 0.2) is 42.7 Å². The van der Waals surface area contributed by atoms with Crippen LogP contribution in [0.2, 0.25) is 0 Å². The summed E-state index contributed by atoms with van der Waals surface area (Å²) in [6.45, 7) is 3.71. The lowest BCUT2D eigenvalue weighted by molar-refractivity contribution is 0.411. The van der Waals surface area contributed by atoms with Crippen molar-refractivity contribution < 1.29 is 17.9 Å². The lowest BCUT2D eigenvalue weighted by atomic mass is 10.0. The Morgan fingerprint density at radius 1 is 0.917 bits per heavy atom. The molecule has 0 radical (unpaired) electrons. The van der Waals surface area contributed by atoms with E-state index in [1.807, 2.05) is 13.0 Å². The van der Waals surface area contributed by atoms with E-state index < -0.39 is 11.6 Å². The average Bonchev–Trinajstić information content (AvgIpc) is 2.57. The number of hydrogen-bond acceptors (Lipinski definition) is 1. The maximum Gasteiger partial charge on any atom is 0.201 e. The van der Waals surface area contributed by atoms with Gasteiger partial charge >= 0.3 is 0 Å². The van der Waals surface area contributed by atoms with Crippen LogP contribution in [-0.4, -0.2) is 0 Å². The zero-order valence-electron chi connectivity index (χ0n) is 13.9. The monoisotopic (exact) mass is 334 g/mol. The lowest BCUT2D eigenvalue weighted by Gasteiger charge is -2.09. The highest BCUT2D eigenvalue weighted by molar-refractivity contribution is 5.33. The van der Waals surface area contributed by atoms with Crippen LogP contribution in [0, 0.1) is 17.5 Å². The Bertz CT molecular complexity index is 723. The number of halogens is 3. The highest BCUT2D eigenvalue weighted by Crippen LogP contribution is 2.24. The normalized spacial score (nSPS) is 11.2. The standard InChI is InChI=1S/C20H21F3O/c1-3-5-15-8-6-14(13-17(15)21)7-9-16-10-11-18(24-12-4-2)20(23)19(16)22/h4,6,8,10-13H,3,5,7,9H2,1-2H3. The van der Waals surface area contributed by atoms with Gasteiger partial charge in [0.15, 0.2) is 11.6 Å². The molecule has 0 saturated heterocycles. The maximum absolute atomic E-state index is 14.1. The highest BCUT2D eigenvalue weighted by Gasteiger charge is 2.14. The summed E-state index contributed by atoms with van der Waals surface area (Å²) < 4.78 is 46.9. The van der Waals surface area contributed by atoms with Gasteiger partial charge in [0.25, 0.3) is 0 Å². The van der Waals surface area contributed by atoms with Gasteiger partial charge in [0.05, 0.1) is 6.26 Å². The van der Waals surface area contributed by atoms with Crippen LogP contribution < -0.4 is 4.74 Å². The van der Waals surface area contributed by atoms with Gasteiger partial charge < -0.3 is 4.74 Å². The third-order valence-corrected chi connectivity index (χ3v) is 3.78. The molecular formula is C20H21F3O. The van der Waals surface area contributed by atoms with Crippen LogP contribution >= 0.6 is 0 Å². The summed E-state index contributed by atoms with van der Waals surface area (Å²) in [4.78, 5) is 0. The molecule has 0 atom stereocenters. The second-order valence-corrected chi connectivity index (χ2v) is 5.61. The lowest BCUT2D eigenvalue weighted by Crippen LogP contribution is -2.00. The third kappa shape index (κ3) is 4.40. The molecule has 0 saturated carbocycles. The number of ether oxygens (including phenoxy) is 1. The van der Waals surface area contributed by atoms with Crippen LogP contribution in [-0.2, 0) is 19.3 Å². The van der Waals surface area contributed by atoms with Gasteiger partial charge in [-0.15, -0.1) is 0 Å². The summed E-state index contributed by atoms with van der Waals surface area (Å²) in [7, 11) is 0. The maximum atomic E-state index is 14.1. The predicted molar refractivity (Wildman–Crippen MR) is 89.6 cm³/mol. The Morgan fingerprint density at radius 3 is 2.33 bits per heavy atom. The highest BCUT2D eigenvalue weighted by atomic mass is 19.2. The Hall–Kier alpha value is -2.23. The van der Waals surface area contributed by atoms with Crippen molar-refractivity contribution >= 4 is 0 Å². The van der Waals surface area contributed by atoms with Gasteiger partial charge in [-0.2, -0.15) is 4.39 Å².